The molecule has 0 bridgehead atoms. The van der Waals surface area contributed by atoms with Crippen LogP contribution >= 0.6 is 0 Å². The maximum Gasteiger partial charge on any atom is 0.349 e. The second-order valence-electron chi connectivity index (χ2n) is 7.21. The van der Waals surface area contributed by atoms with E-state index in [4.69, 9.17) is 9.47 Å². The molecule has 0 unspecified atom stereocenters. The van der Waals surface area contributed by atoms with Crippen LogP contribution in [-0.2, 0) is 25.6 Å². The molecule has 0 saturated heterocycles. The van der Waals surface area contributed by atoms with E-state index < -0.39 is 11.6 Å². The molecule has 6 heteroatoms. The highest BCUT2D eigenvalue weighted by Crippen LogP contribution is 2.25. The quantitative estimate of drug-likeness (QED) is 0.456. The largest absolute Gasteiger partial charge is 0.465 e. The summed E-state index contributed by atoms with van der Waals surface area (Å²) in [6.07, 6.45) is 3.24. The number of aromatic nitrogens is 1. The predicted octanol–water partition coefficient (Wildman–Crippen LogP) is 3.76. The van der Waals surface area contributed by atoms with Crippen molar-refractivity contribution >= 4 is 28.9 Å². The van der Waals surface area contributed by atoms with Crippen LogP contribution in [0.25, 0.3) is 17.0 Å². The van der Waals surface area contributed by atoms with E-state index in [2.05, 4.69) is 0 Å². The summed E-state index contributed by atoms with van der Waals surface area (Å²) in [6, 6.07) is 7.70. The van der Waals surface area contributed by atoms with Gasteiger partial charge in [0, 0.05) is 22.7 Å². The first-order valence-electron chi connectivity index (χ1n) is 8.75. The van der Waals surface area contributed by atoms with E-state index in [9.17, 15) is 14.9 Å². The Morgan fingerprint density at radius 2 is 2.00 bits per heavy atom. The number of hydrogen-bond acceptors (Lipinski definition) is 5. The van der Waals surface area contributed by atoms with Crippen LogP contribution < -0.4 is 0 Å². The molecule has 2 rings (SSSR count). The minimum absolute atomic E-state index is 0.0512. The van der Waals surface area contributed by atoms with Gasteiger partial charge >= 0.3 is 11.9 Å². The van der Waals surface area contributed by atoms with E-state index >= 15 is 0 Å². The summed E-state index contributed by atoms with van der Waals surface area (Å²) >= 11 is 0. The molecule has 0 aliphatic rings. The van der Waals surface area contributed by atoms with Crippen LogP contribution in [0.15, 0.2) is 30.0 Å². The molecular formula is C21H24N2O4. The van der Waals surface area contributed by atoms with E-state index in [-0.39, 0.29) is 18.1 Å². The molecule has 0 radical (unpaired) electrons. The average Bonchev–Trinajstić information content (AvgIpc) is 2.87. The Balaban J connectivity index is 2.50. The Morgan fingerprint density at radius 3 is 2.59 bits per heavy atom. The third kappa shape index (κ3) is 5.20. The molecule has 0 aliphatic carbocycles. The number of ether oxygens (including phenoxy) is 2. The number of carbonyl (C=O) groups excluding carboxylic acids is 2. The molecule has 27 heavy (non-hydrogen) atoms. The highest BCUT2D eigenvalue weighted by molar-refractivity contribution is 6.01. The van der Waals surface area contributed by atoms with Crippen LogP contribution in [0, 0.1) is 18.3 Å². The summed E-state index contributed by atoms with van der Waals surface area (Å²) in [7, 11) is 0. The molecule has 1 aromatic heterocycles. The molecule has 142 valence electrons. The zero-order valence-corrected chi connectivity index (χ0v) is 16.3. The molecule has 0 fully saturated rings. The minimum atomic E-state index is -0.693. The van der Waals surface area contributed by atoms with Gasteiger partial charge < -0.3 is 14.0 Å². The van der Waals surface area contributed by atoms with Gasteiger partial charge in [-0.15, -0.1) is 0 Å². The Bertz CT molecular complexity index is 939. The molecule has 2 aromatic rings. The number of rotatable bonds is 5. The number of esters is 2. The molecule has 0 spiro atoms. The second kappa shape index (κ2) is 8.09. The fourth-order valence-corrected chi connectivity index (χ4v) is 2.66. The molecule has 6 nitrogen and oxygen atoms in total. The van der Waals surface area contributed by atoms with Crippen molar-refractivity contribution in [3.8, 4) is 6.07 Å². The number of fused-ring (bicyclic) bond motifs is 1. The summed E-state index contributed by atoms with van der Waals surface area (Å²) in [4.78, 5) is 24.2. The van der Waals surface area contributed by atoms with Crippen molar-refractivity contribution in [2.75, 3.05) is 6.61 Å². The van der Waals surface area contributed by atoms with Gasteiger partial charge in [-0.2, -0.15) is 5.26 Å². The number of carbonyl (C=O) groups is 2. The molecular weight excluding hydrogens is 344 g/mol. The average molecular weight is 368 g/mol. The van der Waals surface area contributed by atoms with Crippen LogP contribution in [0.5, 0.6) is 0 Å². The lowest BCUT2D eigenvalue weighted by molar-refractivity contribution is -0.149. The smallest absolute Gasteiger partial charge is 0.349 e. The van der Waals surface area contributed by atoms with Crippen molar-refractivity contribution in [2.45, 2.75) is 46.8 Å². The lowest BCUT2D eigenvalue weighted by Crippen LogP contribution is -2.24. The maximum absolute atomic E-state index is 12.3. The van der Waals surface area contributed by atoms with Crippen molar-refractivity contribution in [2.24, 2.45) is 0 Å². The van der Waals surface area contributed by atoms with Crippen LogP contribution in [0.3, 0.4) is 0 Å². The van der Waals surface area contributed by atoms with Gasteiger partial charge in [-0.05, 0) is 52.8 Å². The molecule has 1 aromatic carbocycles. The molecule has 0 aliphatic heterocycles. The molecule has 0 N–H and O–H groups in total. The monoisotopic (exact) mass is 368 g/mol. The first-order chi connectivity index (χ1) is 12.6. The van der Waals surface area contributed by atoms with Gasteiger partial charge in [-0.3, -0.25) is 4.79 Å². The van der Waals surface area contributed by atoms with Crippen molar-refractivity contribution in [1.29, 1.82) is 5.26 Å². The lowest BCUT2D eigenvalue weighted by atomic mass is 10.1. The van der Waals surface area contributed by atoms with Gasteiger partial charge in [0.05, 0.1) is 6.61 Å². The minimum Gasteiger partial charge on any atom is -0.465 e. The normalized spacial score (nSPS) is 11.9. The number of hydrogen-bond donors (Lipinski definition) is 0. The van der Waals surface area contributed by atoms with E-state index in [1.165, 1.54) is 6.08 Å². The van der Waals surface area contributed by atoms with E-state index in [1.807, 2.05) is 31.2 Å². The molecule has 0 amide bonds. The summed E-state index contributed by atoms with van der Waals surface area (Å²) in [5.41, 5.74) is 1.73. The Hall–Kier alpha value is -3.07. The SMILES string of the molecule is CCOC(=O)Cn1cc(/C=C(\C#N)C(=O)OC(C)(C)C)c2cc(C)ccc21. The van der Waals surface area contributed by atoms with Gasteiger partial charge in [-0.25, -0.2) is 4.79 Å². The summed E-state index contributed by atoms with van der Waals surface area (Å²) in [6.45, 7) is 9.30. The van der Waals surface area contributed by atoms with E-state index in [0.717, 1.165) is 16.5 Å². The zero-order chi connectivity index (χ0) is 20.2. The van der Waals surface area contributed by atoms with Crippen LogP contribution in [0.1, 0.15) is 38.8 Å². The van der Waals surface area contributed by atoms with E-state index in [1.54, 1.807) is 38.5 Å². The second-order valence-corrected chi connectivity index (χ2v) is 7.21. The first kappa shape index (κ1) is 20.2. The topological polar surface area (TPSA) is 81.3 Å². The Labute approximate surface area is 159 Å². The highest BCUT2D eigenvalue weighted by Gasteiger charge is 2.21. The number of nitriles is 1. The number of nitrogens with zero attached hydrogens (tertiary/aromatic N) is 2. The van der Waals surface area contributed by atoms with E-state index in [0.29, 0.717) is 12.2 Å². The predicted molar refractivity (Wildman–Crippen MR) is 103 cm³/mol. The van der Waals surface area contributed by atoms with Crippen LogP contribution in [0.4, 0.5) is 0 Å². The Morgan fingerprint density at radius 1 is 1.30 bits per heavy atom. The van der Waals surface area contributed by atoms with Crippen molar-refractivity contribution in [3.05, 3.63) is 41.1 Å². The standard InChI is InChI=1S/C21H24N2O4/c1-6-26-19(24)13-23-12-16(17-9-14(2)7-8-18(17)23)10-15(11-22)20(25)27-21(3,4)5/h7-10,12H,6,13H2,1-5H3/b15-10+. The Kier molecular flexibility index (Phi) is 6.06. The fourth-order valence-electron chi connectivity index (χ4n) is 2.66. The third-order valence-corrected chi connectivity index (χ3v) is 3.71. The summed E-state index contributed by atoms with van der Waals surface area (Å²) in [5, 5.41) is 10.2. The van der Waals surface area contributed by atoms with Gasteiger partial charge in [0.15, 0.2) is 0 Å². The van der Waals surface area contributed by atoms with Crippen molar-refractivity contribution in [3.63, 3.8) is 0 Å². The number of aryl methyl sites for hydroxylation is 1. The van der Waals surface area contributed by atoms with Gasteiger partial charge in [0.2, 0.25) is 0 Å². The van der Waals surface area contributed by atoms with Crippen LogP contribution in [-0.4, -0.2) is 28.7 Å². The molecule has 1 heterocycles. The lowest BCUT2D eigenvalue weighted by Gasteiger charge is -2.18. The summed E-state index contributed by atoms with van der Waals surface area (Å²) < 4.78 is 12.1. The van der Waals surface area contributed by atoms with Crippen LogP contribution in [0.2, 0.25) is 0 Å². The molecule has 0 saturated carbocycles. The van der Waals surface area contributed by atoms with Crippen molar-refractivity contribution in [1.82, 2.24) is 4.57 Å². The highest BCUT2D eigenvalue weighted by atomic mass is 16.6. The number of benzene rings is 1. The van der Waals surface area contributed by atoms with Crippen molar-refractivity contribution < 1.29 is 19.1 Å². The van der Waals surface area contributed by atoms with Gasteiger partial charge in [0.1, 0.15) is 23.8 Å². The van der Waals surface area contributed by atoms with Gasteiger partial charge in [0.25, 0.3) is 0 Å². The first-order valence-corrected chi connectivity index (χ1v) is 8.75. The molecule has 0 atom stereocenters. The zero-order valence-electron chi connectivity index (χ0n) is 16.3. The van der Waals surface area contributed by atoms with Gasteiger partial charge in [-0.1, -0.05) is 11.6 Å². The maximum atomic E-state index is 12.3. The third-order valence-electron chi connectivity index (χ3n) is 3.71. The fraction of sp³-hybridized carbons (Fsp3) is 0.381. The summed E-state index contributed by atoms with van der Waals surface area (Å²) in [5.74, 6) is -1.03.